The zero-order valence-corrected chi connectivity index (χ0v) is 22.8. The second-order valence-electron chi connectivity index (χ2n) is 9.68. The number of nitrogens with zero attached hydrogens (tertiary/aromatic N) is 3. The van der Waals surface area contributed by atoms with Crippen molar-refractivity contribution in [3.05, 3.63) is 59.8 Å². The second kappa shape index (κ2) is 12.5. The number of piperidine rings is 1. The molecule has 2 heterocycles. The van der Waals surface area contributed by atoms with Crippen molar-refractivity contribution in [1.29, 1.82) is 0 Å². The summed E-state index contributed by atoms with van der Waals surface area (Å²) < 4.78 is 16.3. The van der Waals surface area contributed by atoms with Crippen LogP contribution in [0.4, 0.5) is 17.5 Å². The van der Waals surface area contributed by atoms with E-state index < -0.39 is 0 Å². The van der Waals surface area contributed by atoms with Crippen LogP contribution in [0.5, 0.6) is 17.2 Å². The van der Waals surface area contributed by atoms with Crippen LogP contribution in [0.15, 0.2) is 48.7 Å². The second-order valence-corrected chi connectivity index (χ2v) is 9.68. The Morgan fingerprint density at radius 3 is 2.39 bits per heavy atom. The van der Waals surface area contributed by atoms with E-state index in [1.54, 1.807) is 39.7 Å². The van der Waals surface area contributed by atoms with Crippen LogP contribution in [0, 0.1) is 5.92 Å². The molecule has 0 saturated carbocycles. The number of rotatable bonds is 10. The topological polar surface area (TPSA) is 97.8 Å². The number of anilines is 3. The average Bonchev–Trinajstić information content (AvgIpc) is 2.95. The molecule has 4 rings (SSSR count). The van der Waals surface area contributed by atoms with E-state index in [2.05, 4.69) is 58.6 Å². The lowest BCUT2D eigenvalue weighted by Crippen LogP contribution is -2.43. The van der Waals surface area contributed by atoms with Crippen LogP contribution in [0.1, 0.15) is 43.7 Å². The summed E-state index contributed by atoms with van der Waals surface area (Å²) in [6.07, 6.45) is 3.49. The highest BCUT2D eigenvalue weighted by molar-refractivity contribution is 5.79. The molecule has 38 heavy (non-hydrogen) atoms. The van der Waals surface area contributed by atoms with Crippen LogP contribution < -0.4 is 29.7 Å². The molecular formula is C29H37N5O4. The van der Waals surface area contributed by atoms with E-state index in [4.69, 9.17) is 19.2 Å². The Labute approximate surface area is 224 Å². The summed E-state index contributed by atoms with van der Waals surface area (Å²) in [7, 11) is 4.71. The fourth-order valence-corrected chi connectivity index (χ4v) is 4.62. The first kappa shape index (κ1) is 27.0. The van der Waals surface area contributed by atoms with Gasteiger partial charge < -0.3 is 29.7 Å². The normalized spacial score (nSPS) is 15.2. The molecular weight excluding hydrogens is 482 g/mol. The van der Waals surface area contributed by atoms with E-state index in [0.29, 0.717) is 47.9 Å². The number of hydrogen-bond acceptors (Lipinski definition) is 8. The Balaban J connectivity index is 1.40. The molecule has 0 spiro atoms. The third-order valence-corrected chi connectivity index (χ3v) is 6.79. The van der Waals surface area contributed by atoms with Gasteiger partial charge in [0.1, 0.15) is 5.82 Å². The molecule has 0 radical (unpaired) electrons. The minimum Gasteiger partial charge on any atom is -0.493 e. The number of nitrogens with one attached hydrogen (secondary N) is 2. The molecule has 202 valence electrons. The molecule has 1 fully saturated rings. The van der Waals surface area contributed by atoms with Gasteiger partial charge >= 0.3 is 0 Å². The summed E-state index contributed by atoms with van der Waals surface area (Å²) in [5, 5.41) is 6.34. The van der Waals surface area contributed by atoms with Crippen LogP contribution >= 0.6 is 0 Å². The standard InChI is InChI=1S/C29H37N5O4/c1-19(2)21-10-8-20(9-11-21)17-31-28(35)22-7-6-14-34(18-22)26-12-13-30-29(33-26)32-23-15-24(36-3)27(38-5)25(16-23)37-4/h8-13,15-16,19,22H,6-7,14,17-18H2,1-5H3,(H,31,35)(H,30,32,33). The highest BCUT2D eigenvalue weighted by atomic mass is 16.5. The van der Waals surface area contributed by atoms with Crippen LogP contribution in [0.3, 0.4) is 0 Å². The molecule has 3 aromatic rings. The molecule has 1 atom stereocenters. The van der Waals surface area contributed by atoms with Gasteiger partial charge in [-0.25, -0.2) is 4.98 Å². The van der Waals surface area contributed by atoms with Crippen molar-refractivity contribution < 1.29 is 19.0 Å². The van der Waals surface area contributed by atoms with Crippen molar-refractivity contribution in [2.24, 2.45) is 5.92 Å². The monoisotopic (exact) mass is 519 g/mol. The molecule has 2 aromatic carbocycles. The van der Waals surface area contributed by atoms with Gasteiger partial charge in [-0.3, -0.25) is 4.79 Å². The molecule has 1 aliphatic heterocycles. The molecule has 1 amide bonds. The Morgan fingerprint density at radius 1 is 1.05 bits per heavy atom. The van der Waals surface area contributed by atoms with Crippen LogP contribution in [0.25, 0.3) is 0 Å². The van der Waals surface area contributed by atoms with Crippen LogP contribution in [-0.2, 0) is 11.3 Å². The van der Waals surface area contributed by atoms with Gasteiger partial charge in [0.25, 0.3) is 0 Å². The lowest BCUT2D eigenvalue weighted by atomic mass is 9.97. The number of aromatic nitrogens is 2. The average molecular weight is 520 g/mol. The number of benzene rings is 2. The molecule has 1 saturated heterocycles. The van der Waals surface area contributed by atoms with Gasteiger partial charge in [0.15, 0.2) is 11.5 Å². The van der Waals surface area contributed by atoms with Crippen LogP contribution in [-0.4, -0.2) is 50.3 Å². The molecule has 0 aliphatic carbocycles. The van der Waals surface area contributed by atoms with E-state index in [9.17, 15) is 4.79 Å². The summed E-state index contributed by atoms with van der Waals surface area (Å²) in [4.78, 5) is 24.2. The van der Waals surface area contributed by atoms with E-state index in [1.165, 1.54) is 5.56 Å². The number of ether oxygens (including phenoxy) is 3. The first-order valence-electron chi connectivity index (χ1n) is 12.9. The number of carbonyl (C=O) groups is 1. The molecule has 9 nitrogen and oxygen atoms in total. The maximum atomic E-state index is 13.0. The molecule has 1 aromatic heterocycles. The fourth-order valence-electron chi connectivity index (χ4n) is 4.62. The molecule has 1 unspecified atom stereocenters. The van der Waals surface area contributed by atoms with Crippen LogP contribution in [0.2, 0.25) is 0 Å². The maximum Gasteiger partial charge on any atom is 0.229 e. The maximum absolute atomic E-state index is 13.0. The summed E-state index contributed by atoms with van der Waals surface area (Å²) in [6, 6.07) is 13.9. The Hall–Kier alpha value is -4.01. The minimum atomic E-state index is -0.0971. The molecule has 9 heteroatoms. The van der Waals surface area contributed by atoms with E-state index in [0.717, 1.165) is 30.8 Å². The Kier molecular flexibility index (Phi) is 8.89. The number of methoxy groups -OCH3 is 3. The summed E-state index contributed by atoms with van der Waals surface area (Å²) in [6.45, 7) is 6.33. The SMILES string of the molecule is COc1cc(Nc2nccc(N3CCCC(C(=O)NCc4ccc(C(C)C)cc4)C3)n2)cc(OC)c1OC. The first-order valence-corrected chi connectivity index (χ1v) is 12.9. The molecule has 0 bridgehead atoms. The largest absolute Gasteiger partial charge is 0.493 e. The van der Waals surface area contributed by atoms with Crippen molar-refractivity contribution in [2.75, 3.05) is 44.6 Å². The van der Waals surface area contributed by atoms with Gasteiger partial charge in [-0.1, -0.05) is 38.1 Å². The molecule has 1 aliphatic rings. The number of hydrogen-bond donors (Lipinski definition) is 2. The fraction of sp³-hybridized carbons (Fsp3) is 0.414. The zero-order chi connectivity index (χ0) is 27.1. The third kappa shape index (κ3) is 6.45. The van der Waals surface area contributed by atoms with Gasteiger partial charge in [0.2, 0.25) is 17.6 Å². The van der Waals surface area contributed by atoms with Crippen molar-refractivity contribution in [2.45, 2.75) is 39.2 Å². The predicted octanol–water partition coefficient (Wildman–Crippen LogP) is 4.90. The van der Waals surface area contributed by atoms with E-state index in [-0.39, 0.29) is 11.8 Å². The Bertz CT molecular complexity index is 1210. The van der Waals surface area contributed by atoms with Gasteiger partial charge in [-0.05, 0) is 36.0 Å². The highest BCUT2D eigenvalue weighted by Crippen LogP contribution is 2.40. The Morgan fingerprint density at radius 2 is 1.76 bits per heavy atom. The number of carbonyl (C=O) groups excluding carboxylic acids is 1. The quantitative estimate of drug-likeness (QED) is 0.390. The van der Waals surface area contributed by atoms with Gasteiger partial charge in [-0.2, -0.15) is 4.98 Å². The summed E-state index contributed by atoms with van der Waals surface area (Å²) in [5.41, 5.74) is 3.11. The zero-order valence-electron chi connectivity index (χ0n) is 22.8. The van der Waals surface area contributed by atoms with Gasteiger partial charge in [0, 0.05) is 43.7 Å². The van der Waals surface area contributed by atoms with Crippen molar-refractivity contribution in [3.8, 4) is 17.2 Å². The summed E-state index contributed by atoms with van der Waals surface area (Å²) >= 11 is 0. The van der Waals surface area contributed by atoms with Crippen molar-refractivity contribution >= 4 is 23.4 Å². The van der Waals surface area contributed by atoms with E-state index >= 15 is 0 Å². The minimum absolute atomic E-state index is 0.0764. The van der Waals surface area contributed by atoms with Gasteiger partial charge in [0.05, 0.1) is 27.2 Å². The van der Waals surface area contributed by atoms with Crippen molar-refractivity contribution in [3.63, 3.8) is 0 Å². The summed E-state index contributed by atoms with van der Waals surface area (Å²) in [5.74, 6) is 3.27. The third-order valence-electron chi connectivity index (χ3n) is 6.79. The predicted molar refractivity (Wildman–Crippen MR) is 149 cm³/mol. The van der Waals surface area contributed by atoms with Gasteiger partial charge in [-0.15, -0.1) is 0 Å². The first-order chi connectivity index (χ1) is 18.4. The number of amides is 1. The van der Waals surface area contributed by atoms with E-state index in [1.807, 2.05) is 6.07 Å². The lowest BCUT2D eigenvalue weighted by Gasteiger charge is -2.33. The smallest absolute Gasteiger partial charge is 0.229 e. The highest BCUT2D eigenvalue weighted by Gasteiger charge is 2.26. The lowest BCUT2D eigenvalue weighted by molar-refractivity contribution is -0.125. The molecule has 2 N–H and O–H groups in total. The van der Waals surface area contributed by atoms with Crippen molar-refractivity contribution in [1.82, 2.24) is 15.3 Å².